The topological polar surface area (TPSA) is 47.4 Å². The summed E-state index contributed by atoms with van der Waals surface area (Å²) in [6.07, 6.45) is 3.73. The number of amides is 1. The summed E-state index contributed by atoms with van der Waals surface area (Å²) in [7, 11) is 0. The third-order valence-corrected chi connectivity index (χ3v) is 5.11. The van der Waals surface area contributed by atoms with Gasteiger partial charge in [-0.25, -0.2) is 4.68 Å². The first-order chi connectivity index (χ1) is 12.4. The fraction of sp³-hybridized carbons (Fsp3) is 0.474. The molecule has 1 aliphatic heterocycles. The second-order valence-electron chi connectivity index (χ2n) is 6.96. The van der Waals surface area contributed by atoms with Gasteiger partial charge in [0.15, 0.2) is 5.69 Å². The highest BCUT2D eigenvalue weighted by Crippen LogP contribution is 2.24. The van der Waals surface area contributed by atoms with Gasteiger partial charge in [-0.05, 0) is 43.0 Å². The van der Waals surface area contributed by atoms with Gasteiger partial charge in [0, 0.05) is 25.9 Å². The van der Waals surface area contributed by atoms with Gasteiger partial charge in [-0.1, -0.05) is 37.0 Å². The number of benzene rings is 1. The molecule has 2 heterocycles. The van der Waals surface area contributed by atoms with Crippen molar-refractivity contribution in [2.75, 3.05) is 19.7 Å². The average Bonchev–Trinajstić information content (AvgIpc) is 3.12. The van der Waals surface area contributed by atoms with Gasteiger partial charge >= 0.3 is 0 Å². The molecule has 0 spiro atoms. The van der Waals surface area contributed by atoms with Gasteiger partial charge in [0.05, 0.1) is 21.8 Å². The van der Waals surface area contributed by atoms with Crippen molar-refractivity contribution in [3.05, 3.63) is 46.2 Å². The van der Waals surface area contributed by atoms with E-state index in [0.717, 1.165) is 25.1 Å². The summed E-state index contributed by atoms with van der Waals surface area (Å²) in [5.74, 6) is 0.478. The summed E-state index contributed by atoms with van der Waals surface area (Å²) in [4.78, 5) is 14.5. The molecule has 1 aromatic carbocycles. The Kier molecular flexibility index (Phi) is 6.22. The Labute approximate surface area is 163 Å². The van der Waals surface area contributed by atoms with E-state index < -0.39 is 0 Å². The van der Waals surface area contributed by atoms with Crippen molar-refractivity contribution in [2.24, 2.45) is 5.92 Å². The minimum Gasteiger partial charge on any atom is -0.378 e. The summed E-state index contributed by atoms with van der Waals surface area (Å²) >= 11 is 12.0. The summed E-state index contributed by atoms with van der Waals surface area (Å²) < 4.78 is 7.51. The number of nitrogens with zero attached hydrogens (tertiary/aromatic N) is 3. The molecule has 0 unspecified atom stereocenters. The molecule has 1 saturated heterocycles. The van der Waals surface area contributed by atoms with E-state index in [1.807, 2.05) is 11.0 Å². The molecule has 0 radical (unpaired) electrons. The first-order valence-electron chi connectivity index (χ1n) is 8.86. The highest BCUT2D eigenvalue weighted by atomic mass is 35.5. The maximum absolute atomic E-state index is 12.7. The molecule has 26 heavy (non-hydrogen) atoms. The molecule has 0 aliphatic carbocycles. The van der Waals surface area contributed by atoms with Gasteiger partial charge in [0.1, 0.15) is 0 Å². The van der Waals surface area contributed by atoms with Crippen LogP contribution in [0.2, 0.25) is 10.0 Å². The number of halogens is 2. The van der Waals surface area contributed by atoms with Crippen LogP contribution in [0, 0.1) is 5.92 Å². The van der Waals surface area contributed by atoms with Gasteiger partial charge in [-0.3, -0.25) is 4.79 Å². The SMILES string of the molecule is CC(C)COC1CCN(C(=O)c2ccn(-c3ccc(Cl)c(Cl)c3)n2)CC1. The molecule has 1 fully saturated rings. The molecule has 7 heteroatoms. The lowest BCUT2D eigenvalue weighted by molar-refractivity contribution is -0.00243. The van der Waals surface area contributed by atoms with Crippen LogP contribution in [0.4, 0.5) is 0 Å². The minimum absolute atomic E-state index is 0.0499. The van der Waals surface area contributed by atoms with Gasteiger partial charge in [0.2, 0.25) is 0 Å². The van der Waals surface area contributed by atoms with E-state index in [1.54, 1.807) is 29.1 Å². The lowest BCUT2D eigenvalue weighted by Gasteiger charge is -2.31. The Hall–Kier alpha value is -1.56. The Morgan fingerprint density at radius 3 is 2.62 bits per heavy atom. The predicted octanol–water partition coefficient (Wildman–Crippen LogP) is 4.46. The summed E-state index contributed by atoms with van der Waals surface area (Å²) in [5.41, 5.74) is 1.19. The Morgan fingerprint density at radius 1 is 1.23 bits per heavy atom. The zero-order chi connectivity index (χ0) is 18.7. The van der Waals surface area contributed by atoms with E-state index >= 15 is 0 Å². The largest absolute Gasteiger partial charge is 0.378 e. The van der Waals surface area contributed by atoms with Crippen molar-refractivity contribution >= 4 is 29.1 Å². The van der Waals surface area contributed by atoms with Gasteiger partial charge in [-0.15, -0.1) is 0 Å². The third kappa shape index (κ3) is 4.58. The molecule has 140 valence electrons. The fourth-order valence-electron chi connectivity index (χ4n) is 2.93. The van der Waals surface area contributed by atoms with Crippen LogP contribution < -0.4 is 0 Å². The van der Waals surface area contributed by atoms with Gasteiger partial charge < -0.3 is 9.64 Å². The molecular weight excluding hydrogens is 373 g/mol. The molecule has 0 atom stereocenters. The Bertz CT molecular complexity index is 768. The first-order valence-corrected chi connectivity index (χ1v) is 9.61. The van der Waals surface area contributed by atoms with Crippen LogP contribution in [-0.2, 0) is 4.74 Å². The van der Waals surface area contributed by atoms with Crippen molar-refractivity contribution in [3.8, 4) is 5.69 Å². The standard InChI is InChI=1S/C19H23Cl2N3O2/c1-13(2)12-26-15-5-8-23(9-6-15)19(25)18-7-10-24(22-18)14-3-4-16(20)17(21)11-14/h3-4,7,10-11,13,15H,5-6,8-9,12H2,1-2H3. The molecule has 0 N–H and O–H groups in total. The molecular formula is C19H23Cl2N3O2. The molecule has 0 bridgehead atoms. The van der Waals surface area contributed by atoms with Crippen molar-refractivity contribution in [1.29, 1.82) is 0 Å². The monoisotopic (exact) mass is 395 g/mol. The summed E-state index contributed by atoms with van der Waals surface area (Å²) in [6.45, 7) is 6.45. The van der Waals surface area contributed by atoms with Crippen molar-refractivity contribution < 1.29 is 9.53 Å². The van der Waals surface area contributed by atoms with Crippen molar-refractivity contribution in [2.45, 2.75) is 32.8 Å². The number of ether oxygens (including phenoxy) is 1. The van der Waals surface area contributed by atoms with Crippen molar-refractivity contribution in [1.82, 2.24) is 14.7 Å². The number of carbonyl (C=O) groups excluding carboxylic acids is 1. The normalized spacial score (nSPS) is 15.7. The third-order valence-electron chi connectivity index (χ3n) is 4.37. The fourth-order valence-corrected chi connectivity index (χ4v) is 3.22. The summed E-state index contributed by atoms with van der Waals surface area (Å²) in [6, 6.07) is 6.98. The number of carbonyl (C=O) groups is 1. The molecule has 0 saturated carbocycles. The van der Waals surface area contributed by atoms with Gasteiger partial charge in [0.25, 0.3) is 5.91 Å². The maximum Gasteiger partial charge on any atom is 0.274 e. The van der Waals surface area contributed by atoms with E-state index in [0.29, 0.717) is 34.7 Å². The van der Waals surface area contributed by atoms with Crippen LogP contribution in [0.25, 0.3) is 5.69 Å². The Balaban J connectivity index is 1.61. The number of likely N-dealkylation sites (tertiary alicyclic amines) is 1. The van der Waals surface area contributed by atoms with Crippen LogP contribution >= 0.6 is 23.2 Å². The lowest BCUT2D eigenvalue weighted by Crippen LogP contribution is -2.41. The Morgan fingerprint density at radius 2 is 1.96 bits per heavy atom. The van der Waals surface area contributed by atoms with Crippen LogP contribution in [0.5, 0.6) is 0 Å². The molecule has 1 amide bonds. The molecule has 2 aromatic rings. The highest BCUT2D eigenvalue weighted by molar-refractivity contribution is 6.42. The minimum atomic E-state index is -0.0499. The van der Waals surface area contributed by atoms with E-state index in [9.17, 15) is 4.79 Å². The first kappa shape index (κ1) is 19.2. The quantitative estimate of drug-likeness (QED) is 0.750. The number of aromatic nitrogens is 2. The zero-order valence-corrected chi connectivity index (χ0v) is 16.5. The van der Waals surface area contributed by atoms with Crippen LogP contribution in [0.15, 0.2) is 30.5 Å². The summed E-state index contributed by atoms with van der Waals surface area (Å²) in [5, 5.41) is 5.34. The second kappa shape index (κ2) is 8.42. The number of rotatable bonds is 5. The zero-order valence-electron chi connectivity index (χ0n) is 15.0. The lowest BCUT2D eigenvalue weighted by atomic mass is 10.1. The predicted molar refractivity (Wildman–Crippen MR) is 103 cm³/mol. The molecule has 1 aliphatic rings. The number of piperidine rings is 1. The van der Waals surface area contributed by atoms with Crippen LogP contribution in [0.1, 0.15) is 37.2 Å². The number of hydrogen-bond donors (Lipinski definition) is 0. The highest BCUT2D eigenvalue weighted by Gasteiger charge is 2.25. The van der Waals surface area contributed by atoms with Crippen LogP contribution in [-0.4, -0.2) is 46.4 Å². The van der Waals surface area contributed by atoms with E-state index in [1.165, 1.54) is 0 Å². The van der Waals surface area contributed by atoms with E-state index in [-0.39, 0.29) is 12.0 Å². The maximum atomic E-state index is 12.7. The average molecular weight is 396 g/mol. The molecule has 1 aromatic heterocycles. The molecule has 5 nitrogen and oxygen atoms in total. The van der Waals surface area contributed by atoms with Crippen molar-refractivity contribution in [3.63, 3.8) is 0 Å². The van der Waals surface area contributed by atoms with Gasteiger partial charge in [-0.2, -0.15) is 5.10 Å². The second-order valence-corrected chi connectivity index (χ2v) is 7.78. The van der Waals surface area contributed by atoms with Crippen LogP contribution in [0.3, 0.4) is 0 Å². The van der Waals surface area contributed by atoms with E-state index in [2.05, 4.69) is 18.9 Å². The smallest absolute Gasteiger partial charge is 0.274 e. The molecule has 3 rings (SSSR count). The number of hydrogen-bond acceptors (Lipinski definition) is 3. The van der Waals surface area contributed by atoms with E-state index in [4.69, 9.17) is 27.9 Å².